The van der Waals surface area contributed by atoms with E-state index in [4.69, 9.17) is 14.2 Å². The average Bonchev–Trinajstić information content (AvgIpc) is 3.08. The third kappa shape index (κ3) is 5.09. The maximum absolute atomic E-state index is 12.6. The molecule has 2 amide bonds. The van der Waals surface area contributed by atoms with Gasteiger partial charge in [0.1, 0.15) is 0 Å². The van der Waals surface area contributed by atoms with Gasteiger partial charge in [-0.25, -0.2) is 0 Å². The number of carbonyl (C=O) groups excluding carboxylic acids is 2. The molecule has 1 aromatic rings. The van der Waals surface area contributed by atoms with Crippen LogP contribution in [0.4, 0.5) is 5.69 Å². The maximum atomic E-state index is 12.6. The van der Waals surface area contributed by atoms with Crippen LogP contribution in [0, 0.1) is 5.92 Å². The third-order valence-corrected chi connectivity index (χ3v) is 5.09. The summed E-state index contributed by atoms with van der Waals surface area (Å²) in [6.07, 6.45) is 4.57. The highest BCUT2D eigenvalue weighted by atomic mass is 16.5. The van der Waals surface area contributed by atoms with Gasteiger partial charge in [-0.3, -0.25) is 9.59 Å². The van der Waals surface area contributed by atoms with Gasteiger partial charge in [0.05, 0.1) is 32.9 Å². The van der Waals surface area contributed by atoms with E-state index in [0.29, 0.717) is 29.5 Å². The summed E-state index contributed by atoms with van der Waals surface area (Å²) in [6.45, 7) is 4.51. The Balaban J connectivity index is 2.09. The molecule has 0 saturated carbocycles. The molecule has 0 bridgehead atoms. The molecular weight excluding hydrogens is 360 g/mol. The van der Waals surface area contributed by atoms with Gasteiger partial charge >= 0.3 is 0 Å². The SMILES string of the molecule is CCCCCC(C)NC(=O)C1CC(=O)N(c2cc(OC)c(OC)c(OC)c2)C1. The number of nitrogens with one attached hydrogen (secondary N) is 1. The number of methoxy groups -OCH3 is 3. The number of anilines is 1. The van der Waals surface area contributed by atoms with E-state index in [1.54, 1.807) is 17.0 Å². The minimum absolute atomic E-state index is 0.0627. The molecule has 1 fully saturated rings. The molecule has 28 heavy (non-hydrogen) atoms. The topological polar surface area (TPSA) is 77.1 Å². The molecule has 1 saturated heterocycles. The average molecular weight is 392 g/mol. The Hall–Kier alpha value is -2.44. The molecular formula is C21H32N2O5. The Labute approximate surface area is 167 Å². The molecule has 2 unspecified atom stereocenters. The predicted molar refractivity (Wildman–Crippen MR) is 108 cm³/mol. The van der Waals surface area contributed by atoms with Crippen LogP contribution in [-0.4, -0.2) is 45.7 Å². The zero-order valence-electron chi connectivity index (χ0n) is 17.5. The van der Waals surface area contributed by atoms with Crippen LogP contribution < -0.4 is 24.4 Å². The lowest BCUT2D eigenvalue weighted by molar-refractivity contribution is -0.126. The molecule has 2 rings (SSSR count). The monoisotopic (exact) mass is 392 g/mol. The number of rotatable bonds is 10. The van der Waals surface area contributed by atoms with Gasteiger partial charge in [0.25, 0.3) is 0 Å². The Kier molecular flexibility index (Phi) is 7.96. The fraction of sp³-hybridized carbons (Fsp3) is 0.619. The minimum atomic E-state index is -0.361. The lowest BCUT2D eigenvalue weighted by atomic mass is 10.1. The summed E-state index contributed by atoms with van der Waals surface area (Å²) >= 11 is 0. The quantitative estimate of drug-likeness (QED) is 0.619. The summed E-state index contributed by atoms with van der Waals surface area (Å²) in [7, 11) is 4.59. The lowest BCUT2D eigenvalue weighted by Crippen LogP contribution is -2.38. The molecule has 1 aromatic carbocycles. The smallest absolute Gasteiger partial charge is 0.227 e. The molecule has 2 atom stereocenters. The molecule has 1 N–H and O–H groups in total. The van der Waals surface area contributed by atoms with E-state index < -0.39 is 0 Å². The van der Waals surface area contributed by atoms with Crippen molar-refractivity contribution in [2.24, 2.45) is 5.92 Å². The minimum Gasteiger partial charge on any atom is -0.493 e. The molecule has 1 aliphatic rings. The molecule has 7 heteroatoms. The number of hydrogen-bond donors (Lipinski definition) is 1. The number of nitrogens with zero attached hydrogens (tertiary/aromatic N) is 1. The van der Waals surface area contributed by atoms with E-state index in [9.17, 15) is 9.59 Å². The second-order valence-corrected chi connectivity index (χ2v) is 7.19. The van der Waals surface area contributed by atoms with Crippen LogP contribution >= 0.6 is 0 Å². The number of carbonyl (C=O) groups is 2. The van der Waals surface area contributed by atoms with Crippen LogP contribution in [0.1, 0.15) is 46.0 Å². The number of unbranched alkanes of at least 4 members (excludes halogenated alkanes) is 2. The summed E-state index contributed by atoms with van der Waals surface area (Å²) in [5.41, 5.74) is 0.630. The summed E-state index contributed by atoms with van der Waals surface area (Å²) in [5.74, 6) is 0.903. The standard InChI is InChI=1S/C21H32N2O5/c1-6-7-8-9-14(2)22-21(25)15-10-19(24)23(13-15)16-11-17(26-3)20(28-5)18(12-16)27-4/h11-12,14-15H,6-10,13H2,1-5H3,(H,22,25). The Bertz CT molecular complexity index is 666. The Morgan fingerprint density at radius 1 is 1.18 bits per heavy atom. The summed E-state index contributed by atoms with van der Waals surface area (Å²) in [5, 5.41) is 3.05. The number of hydrogen-bond acceptors (Lipinski definition) is 5. The first-order valence-electron chi connectivity index (χ1n) is 9.85. The van der Waals surface area contributed by atoms with Crippen molar-refractivity contribution >= 4 is 17.5 Å². The highest BCUT2D eigenvalue weighted by Crippen LogP contribution is 2.42. The fourth-order valence-corrected chi connectivity index (χ4v) is 3.49. The maximum Gasteiger partial charge on any atom is 0.227 e. The number of benzene rings is 1. The van der Waals surface area contributed by atoms with E-state index in [-0.39, 0.29) is 30.2 Å². The van der Waals surface area contributed by atoms with Crippen LogP contribution in [0.2, 0.25) is 0 Å². The van der Waals surface area contributed by atoms with E-state index in [1.807, 2.05) is 6.92 Å². The molecule has 0 aromatic heterocycles. The van der Waals surface area contributed by atoms with Crippen LogP contribution in [-0.2, 0) is 9.59 Å². The van der Waals surface area contributed by atoms with Gasteiger partial charge in [-0.15, -0.1) is 0 Å². The third-order valence-electron chi connectivity index (χ3n) is 5.09. The van der Waals surface area contributed by atoms with Gasteiger partial charge < -0.3 is 24.4 Å². The molecule has 1 aliphatic heterocycles. The zero-order valence-corrected chi connectivity index (χ0v) is 17.5. The molecule has 7 nitrogen and oxygen atoms in total. The van der Waals surface area contributed by atoms with Gasteiger partial charge in [-0.2, -0.15) is 0 Å². The van der Waals surface area contributed by atoms with Gasteiger partial charge in [0, 0.05) is 31.1 Å². The number of ether oxygens (including phenoxy) is 3. The van der Waals surface area contributed by atoms with Crippen molar-refractivity contribution in [1.82, 2.24) is 5.32 Å². The first-order chi connectivity index (χ1) is 13.4. The highest BCUT2D eigenvalue weighted by molar-refractivity contribution is 6.00. The first-order valence-corrected chi connectivity index (χ1v) is 9.85. The lowest BCUT2D eigenvalue weighted by Gasteiger charge is -2.21. The molecule has 156 valence electrons. The van der Waals surface area contributed by atoms with Crippen LogP contribution in [0.25, 0.3) is 0 Å². The second-order valence-electron chi connectivity index (χ2n) is 7.19. The molecule has 0 spiro atoms. The van der Waals surface area contributed by atoms with E-state index in [0.717, 1.165) is 25.7 Å². The normalized spacial score (nSPS) is 17.4. The Morgan fingerprint density at radius 2 is 1.82 bits per heavy atom. The first kappa shape index (κ1) is 21.9. The van der Waals surface area contributed by atoms with Crippen LogP contribution in [0.3, 0.4) is 0 Å². The van der Waals surface area contributed by atoms with Gasteiger partial charge in [-0.05, 0) is 13.3 Å². The van der Waals surface area contributed by atoms with Crippen molar-refractivity contribution in [3.8, 4) is 17.2 Å². The van der Waals surface area contributed by atoms with Crippen molar-refractivity contribution in [3.63, 3.8) is 0 Å². The Morgan fingerprint density at radius 3 is 2.36 bits per heavy atom. The van der Waals surface area contributed by atoms with Crippen molar-refractivity contribution in [2.45, 2.75) is 52.0 Å². The van der Waals surface area contributed by atoms with Gasteiger partial charge in [0.2, 0.25) is 17.6 Å². The molecule has 1 heterocycles. The van der Waals surface area contributed by atoms with Crippen molar-refractivity contribution < 1.29 is 23.8 Å². The van der Waals surface area contributed by atoms with Gasteiger partial charge in [-0.1, -0.05) is 26.2 Å². The van der Waals surface area contributed by atoms with Crippen LogP contribution in [0.15, 0.2) is 12.1 Å². The van der Waals surface area contributed by atoms with Crippen molar-refractivity contribution in [2.75, 3.05) is 32.8 Å². The second kappa shape index (κ2) is 10.2. The fourth-order valence-electron chi connectivity index (χ4n) is 3.49. The van der Waals surface area contributed by atoms with E-state index in [1.165, 1.54) is 21.3 Å². The van der Waals surface area contributed by atoms with E-state index in [2.05, 4.69) is 12.2 Å². The summed E-state index contributed by atoms with van der Waals surface area (Å²) in [4.78, 5) is 26.8. The van der Waals surface area contributed by atoms with Crippen molar-refractivity contribution in [1.29, 1.82) is 0 Å². The zero-order chi connectivity index (χ0) is 20.7. The summed E-state index contributed by atoms with van der Waals surface area (Å²) in [6, 6.07) is 3.57. The van der Waals surface area contributed by atoms with Crippen molar-refractivity contribution in [3.05, 3.63) is 12.1 Å². The van der Waals surface area contributed by atoms with Gasteiger partial charge in [0.15, 0.2) is 11.5 Å². The molecule has 0 radical (unpaired) electrons. The summed E-state index contributed by atoms with van der Waals surface area (Å²) < 4.78 is 16.1. The molecule has 0 aliphatic carbocycles. The number of amides is 2. The predicted octanol–water partition coefficient (Wildman–Crippen LogP) is 3.15. The van der Waals surface area contributed by atoms with E-state index >= 15 is 0 Å². The largest absolute Gasteiger partial charge is 0.493 e. The van der Waals surface area contributed by atoms with Crippen LogP contribution in [0.5, 0.6) is 17.2 Å². The highest BCUT2D eigenvalue weighted by Gasteiger charge is 2.36.